The van der Waals surface area contributed by atoms with Gasteiger partial charge in [0.15, 0.2) is 10.9 Å². The van der Waals surface area contributed by atoms with Crippen LogP contribution in [0.25, 0.3) is 17.5 Å². The molecule has 0 spiro atoms. The molecule has 0 aromatic carbocycles. The van der Waals surface area contributed by atoms with Crippen molar-refractivity contribution in [2.75, 3.05) is 5.32 Å². The van der Waals surface area contributed by atoms with Crippen LogP contribution in [-0.2, 0) is 4.79 Å². The number of nitrogens with one attached hydrogen (secondary N) is 1. The number of carbonyl (C=O) groups is 1. The highest BCUT2D eigenvalue weighted by atomic mass is 32.1. The lowest BCUT2D eigenvalue weighted by Gasteiger charge is -1.95. The van der Waals surface area contributed by atoms with Crippen LogP contribution in [0.1, 0.15) is 11.5 Å². The standard InChI is InChI=1S/C15H12N2O3S/c1-10-4-6-13(20-10)12-9-21-15(16-12)17-14(18)7-5-11-3-2-8-19-11/h2-9H,1H3,(H,16,17,18). The molecule has 0 atom stereocenters. The smallest absolute Gasteiger partial charge is 0.250 e. The highest BCUT2D eigenvalue weighted by molar-refractivity contribution is 7.14. The number of hydrogen-bond donors (Lipinski definition) is 1. The molecule has 0 saturated heterocycles. The van der Waals surface area contributed by atoms with Crippen molar-refractivity contribution in [3.05, 3.63) is 53.5 Å². The fourth-order valence-corrected chi connectivity index (χ4v) is 2.41. The Bertz CT molecular complexity index is 769. The van der Waals surface area contributed by atoms with Gasteiger partial charge in [-0.3, -0.25) is 10.1 Å². The predicted molar refractivity (Wildman–Crippen MR) is 80.9 cm³/mol. The Balaban J connectivity index is 1.65. The van der Waals surface area contributed by atoms with Crippen LogP contribution in [0.4, 0.5) is 5.13 Å². The number of aromatic nitrogens is 1. The van der Waals surface area contributed by atoms with Crippen molar-refractivity contribution in [2.24, 2.45) is 0 Å². The summed E-state index contributed by atoms with van der Waals surface area (Å²) in [6.45, 7) is 1.87. The zero-order valence-electron chi connectivity index (χ0n) is 11.2. The molecule has 1 amide bonds. The van der Waals surface area contributed by atoms with Gasteiger partial charge in [0.05, 0.1) is 6.26 Å². The summed E-state index contributed by atoms with van der Waals surface area (Å²) < 4.78 is 10.6. The van der Waals surface area contributed by atoms with Crippen LogP contribution in [0, 0.1) is 6.92 Å². The molecule has 0 radical (unpaired) electrons. The van der Waals surface area contributed by atoms with Gasteiger partial charge in [0.2, 0.25) is 5.91 Å². The number of carbonyl (C=O) groups excluding carboxylic acids is 1. The van der Waals surface area contributed by atoms with Crippen LogP contribution >= 0.6 is 11.3 Å². The van der Waals surface area contributed by atoms with Crippen molar-refractivity contribution in [1.82, 2.24) is 4.98 Å². The molecular weight excluding hydrogens is 288 g/mol. The lowest BCUT2D eigenvalue weighted by molar-refractivity contribution is -0.111. The first kappa shape index (κ1) is 13.4. The van der Waals surface area contributed by atoms with Crippen molar-refractivity contribution < 1.29 is 13.6 Å². The Hall–Kier alpha value is -2.60. The van der Waals surface area contributed by atoms with Crippen molar-refractivity contribution in [3.63, 3.8) is 0 Å². The molecule has 0 aliphatic carbocycles. The van der Waals surface area contributed by atoms with Crippen LogP contribution in [0.5, 0.6) is 0 Å². The van der Waals surface area contributed by atoms with Gasteiger partial charge in [-0.05, 0) is 37.3 Å². The van der Waals surface area contributed by atoms with E-state index in [1.165, 1.54) is 17.4 Å². The van der Waals surface area contributed by atoms with Crippen LogP contribution in [-0.4, -0.2) is 10.9 Å². The van der Waals surface area contributed by atoms with Gasteiger partial charge in [0, 0.05) is 11.5 Å². The largest absolute Gasteiger partial charge is 0.465 e. The maximum atomic E-state index is 11.8. The lowest BCUT2D eigenvalue weighted by Crippen LogP contribution is -2.07. The lowest BCUT2D eigenvalue weighted by atomic mass is 10.4. The highest BCUT2D eigenvalue weighted by Gasteiger charge is 2.09. The molecule has 106 valence electrons. The Morgan fingerprint density at radius 3 is 3.00 bits per heavy atom. The first-order chi connectivity index (χ1) is 10.2. The number of aryl methyl sites for hydroxylation is 1. The molecule has 5 nitrogen and oxygen atoms in total. The van der Waals surface area contributed by atoms with E-state index in [0.29, 0.717) is 22.3 Å². The minimum absolute atomic E-state index is 0.261. The average Bonchev–Trinajstić information content (AvgIpc) is 3.17. The minimum atomic E-state index is -0.261. The third-order valence-electron chi connectivity index (χ3n) is 2.67. The molecule has 3 aromatic rings. The van der Waals surface area contributed by atoms with Crippen molar-refractivity contribution in [3.8, 4) is 11.5 Å². The highest BCUT2D eigenvalue weighted by Crippen LogP contribution is 2.26. The van der Waals surface area contributed by atoms with Crippen molar-refractivity contribution in [1.29, 1.82) is 0 Å². The van der Waals surface area contributed by atoms with Crippen LogP contribution in [0.2, 0.25) is 0 Å². The summed E-state index contributed by atoms with van der Waals surface area (Å²) in [5.74, 6) is 1.87. The summed E-state index contributed by atoms with van der Waals surface area (Å²) in [6.07, 6.45) is 4.55. The number of hydrogen-bond acceptors (Lipinski definition) is 5. The maximum absolute atomic E-state index is 11.8. The van der Waals surface area contributed by atoms with Crippen molar-refractivity contribution >= 4 is 28.5 Å². The van der Waals surface area contributed by atoms with Crippen LogP contribution < -0.4 is 5.32 Å². The number of furan rings is 2. The molecule has 0 aliphatic heterocycles. The molecule has 0 bridgehead atoms. The third kappa shape index (κ3) is 3.29. The molecule has 3 rings (SSSR count). The zero-order chi connectivity index (χ0) is 14.7. The SMILES string of the molecule is Cc1ccc(-c2csc(NC(=O)C=Cc3ccco3)n2)o1. The van der Waals surface area contributed by atoms with E-state index in [4.69, 9.17) is 8.83 Å². The second kappa shape index (κ2) is 5.80. The second-order valence-electron chi connectivity index (χ2n) is 4.29. The Labute approximate surface area is 124 Å². The van der Waals surface area contributed by atoms with E-state index in [1.807, 2.05) is 24.4 Å². The first-order valence-electron chi connectivity index (χ1n) is 6.25. The van der Waals surface area contributed by atoms with Crippen LogP contribution in [0.3, 0.4) is 0 Å². The quantitative estimate of drug-likeness (QED) is 0.741. The molecule has 3 aromatic heterocycles. The van der Waals surface area contributed by atoms with E-state index in [0.717, 1.165) is 5.76 Å². The number of anilines is 1. The van der Waals surface area contributed by atoms with E-state index in [1.54, 1.807) is 24.5 Å². The van der Waals surface area contributed by atoms with Crippen LogP contribution in [0.15, 0.2) is 50.8 Å². The first-order valence-corrected chi connectivity index (χ1v) is 7.13. The van der Waals surface area contributed by atoms with Crippen molar-refractivity contribution in [2.45, 2.75) is 6.92 Å². The average molecular weight is 300 g/mol. The zero-order valence-corrected chi connectivity index (χ0v) is 12.0. The minimum Gasteiger partial charge on any atom is -0.465 e. The van der Waals surface area contributed by atoms with Gasteiger partial charge in [-0.15, -0.1) is 11.3 Å². The predicted octanol–water partition coefficient (Wildman–Crippen LogP) is 3.96. The fraction of sp³-hybridized carbons (Fsp3) is 0.0667. The molecule has 0 fully saturated rings. The Morgan fingerprint density at radius 2 is 2.29 bits per heavy atom. The van der Waals surface area contributed by atoms with Gasteiger partial charge in [0.1, 0.15) is 17.2 Å². The van der Waals surface area contributed by atoms with Gasteiger partial charge in [-0.1, -0.05) is 0 Å². The summed E-state index contributed by atoms with van der Waals surface area (Å²) in [7, 11) is 0. The number of thiazole rings is 1. The van der Waals surface area contributed by atoms with Gasteiger partial charge >= 0.3 is 0 Å². The molecule has 0 unspecified atom stereocenters. The summed E-state index contributed by atoms with van der Waals surface area (Å²) in [6, 6.07) is 7.26. The summed E-state index contributed by atoms with van der Waals surface area (Å²) in [5, 5.41) is 5.06. The van der Waals surface area contributed by atoms with E-state index < -0.39 is 0 Å². The Kier molecular flexibility index (Phi) is 3.70. The molecule has 6 heteroatoms. The molecular formula is C15H12N2O3S. The topological polar surface area (TPSA) is 68.3 Å². The van der Waals surface area contributed by atoms with Gasteiger partial charge in [-0.25, -0.2) is 4.98 Å². The molecule has 3 heterocycles. The normalized spacial score (nSPS) is 11.1. The Morgan fingerprint density at radius 1 is 1.38 bits per heavy atom. The van der Waals surface area contributed by atoms with Gasteiger partial charge in [-0.2, -0.15) is 0 Å². The maximum Gasteiger partial charge on any atom is 0.250 e. The summed E-state index contributed by atoms with van der Waals surface area (Å²) in [4.78, 5) is 16.1. The van der Waals surface area contributed by atoms with E-state index in [2.05, 4.69) is 10.3 Å². The number of nitrogens with zero attached hydrogens (tertiary/aromatic N) is 1. The monoisotopic (exact) mass is 300 g/mol. The molecule has 0 aliphatic rings. The third-order valence-corrected chi connectivity index (χ3v) is 3.43. The summed E-state index contributed by atoms with van der Waals surface area (Å²) >= 11 is 1.34. The summed E-state index contributed by atoms with van der Waals surface area (Å²) in [5.41, 5.74) is 0.707. The second-order valence-corrected chi connectivity index (χ2v) is 5.14. The van der Waals surface area contributed by atoms with E-state index in [-0.39, 0.29) is 5.91 Å². The number of rotatable bonds is 4. The fourth-order valence-electron chi connectivity index (χ4n) is 1.71. The van der Waals surface area contributed by atoms with Gasteiger partial charge < -0.3 is 8.83 Å². The van der Waals surface area contributed by atoms with E-state index >= 15 is 0 Å². The van der Waals surface area contributed by atoms with Gasteiger partial charge in [0.25, 0.3) is 0 Å². The molecule has 21 heavy (non-hydrogen) atoms. The molecule has 0 saturated carbocycles. The van der Waals surface area contributed by atoms with E-state index in [9.17, 15) is 4.79 Å². The molecule has 1 N–H and O–H groups in total. The number of amides is 1.